The van der Waals surface area contributed by atoms with E-state index < -0.39 is 0 Å². The molecule has 0 unspecified atom stereocenters. The number of carbonyl (C=O) groups excluding carboxylic acids is 2. The van der Waals surface area contributed by atoms with Gasteiger partial charge in [0.25, 0.3) is 6.47 Å². The molecule has 0 aromatic heterocycles. The van der Waals surface area contributed by atoms with Crippen LogP contribution in [0.4, 0.5) is 0 Å². The lowest BCUT2D eigenvalue weighted by molar-refractivity contribution is -0.128. The standard InChI is InChI=1S/C13H16O.C11H10.C3H6O2/c1-10(14)8-11-6-7-12-4-2-3-5-13(12)9-11;1-9-5-4-7-10-6-2-3-8-11(9)10;1-2-5-3-4/h6-7,9H,2-5,8H2,1H3;2-8H,1H3;3H,2H2,1H3. The SMILES string of the molecule is CC(=O)Cc1ccc2c(c1)CCCC2.CCOC=O.Cc1cccc2ccccc12. The predicted molar refractivity (Wildman–Crippen MR) is 124 cm³/mol. The number of ether oxygens (including phenoxy) is 1. The van der Waals surface area contributed by atoms with Crippen molar-refractivity contribution in [1.29, 1.82) is 0 Å². The lowest BCUT2D eigenvalue weighted by Gasteiger charge is -2.16. The highest BCUT2D eigenvalue weighted by Crippen LogP contribution is 2.22. The molecule has 0 bridgehead atoms. The summed E-state index contributed by atoms with van der Waals surface area (Å²) in [6.07, 6.45) is 5.62. The number of fused-ring (bicyclic) bond motifs is 2. The molecule has 0 saturated carbocycles. The summed E-state index contributed by atoms with van der Waals surface area (Å²) in [5.74, 6) is 0.251. The Morgan fingerprint density at radius 3 is 2.30 bits per heavy atom. The van der Waals surface area contributed by atoms with E-state index in [4.69, 9.17) is 0 Å². The van der Waals surface area contributed by atoms with Crippen LogP contribution < -0.4 is 0 Å². The van der Waals surface area contributed by atoms with Gasteiger partial charge in [-0.05, 0) is 79.5 Å². The van der Waals surface area contributed by atoms with Crippen LogP contribution in [0.2, 0.25) is 0 Å². The molecular formula is C27H32O3. The van der Waals surface area contributed by atoms with E-state index in [0.29, 0.717) is 19.5 Å². The van der Waals surface area contributed by atoms with Crippen LogP contribution in [0, 0.1) is 6.92 Å². The molecule has 0 aliphatic heterocycles. The minimum atomic E-state index is 0.251. The highest BCUT2D eigenvalue weighted by Gasteiger charge is 2.09. The summed E-state index contributed by atoms with van der Waals surface area (Å²) < 4.78 is 4.15. The van der Waals surface area contributed by atoms with Crippen LogP contribution in [0.5, 0.6) is 0 Å². The Morgan fingerprint density at radius 1 is 0.967 bits per heavy atom. The molecule has 0 amide bonds. The van der Waals surface area contributed by atoms with Gasteiger partial charge in [-0.3, -0.25) is 9.59 Å². The fourth-order valence-electron chi connectivity index (χ4n) is 3.64. The molecule has 0 N–H and O–H groups in total. The fraction of sp³-hybridized carbons (Fsp3) is 0.333. The van der Waals surface area contributed by atoms with E-state index in [9.17, 15) is 9.59 Å². The van der Waals surface area contributed by atoms with E-state index in [1.807, 2.05) is 0 Å². The maximum atomic E-state index is 11.0. The maximum Gasteiger partial charge on any atom is 0.293 e. The molecular weight excluding hydrogens is 372 g/mol. The Balaban J connectivity index is 0.000000179. The van der Waals surface area contributed by atoms with E-state index in [2.05, 4.69) is 72.3 Å². The largest absolute Gasteiger partial charge is 0.468 e. The zero-order chi connectivity index (χ0) is 21.8. The summed E-state index contributed by atoms with van der Waals surface area (Å²) >= 11 is 0. The first-order chi connectivity index (χ1) is 14.5. The van der Waals surface area contributed by atoms with Crippen LogP contribution in [0.3, 0.4) is 0 Å². The van der Waals surface area contributed by atoms with Gasteiger partial charge in [0.15, 0.2) is 0 Å². The summed E-state index contributed by atoms with van der Waals surface area (Å²) in [7, 11) is 0. The Kier molecular flexibility index (Phi) is 9.79. The van der Waals surface area contributed by atoms with Crippen molar-refractivity contribution in [1.82, 2.24) is 0 Å². The Bertz CT molecular complexity index is 954. The van der Waals surface area contributed by atoms with Gasteiger partial charge in [0.2, 0.25) is 0 Å². The third kappa shape index (κ3) is 7.47. The predicted octanol–water partition coefficient (Wildman–Crippen LogP) is 6.02. The normalized spacial score (nSPS) is 11.8. The second kappa shape index (κ2) is 12.6. The Hall–Kier alpha value is -2.94. The number of rotatable bonds is 4. The van der Waals surface area contributed by atoms with Crippen LogP contribution in [0.25, 0.3) is 10.8 Å². The third-order valence-electron chi connectivity index (χ3n) is 5.11. The molecule has 0 fully saturated rings. The van der Waals surface area contributed by atoms with E-state index in [0.717, 1.165) is 0 Å². The lowest BCUT2D eigenvalue weighted by atomic mass is 9.90. The van der Waals surface area contributed by atoms with Crippen molar-refractivity contribution >= 4 is 23.0 Å². The van der Waals surface area contributed by atoms with Gasteiger partial charge in [0.1, 0.15) is 5.78 Å². The third-order valence-corrected chi connectivity index (χ3v) is 5.11. The summed E-state index contributed by atoms with van der Waals surface area (Å²) in [6, 6.07) is 21.3. The molecule has 3 heteroatoms. The number of carbonyl (C=O) groups is 2. The van der Waals surface area contributed by atoms with Crippen LogP contribution >= 0.6 is 0 Å². The zero-order valence-electron chi connectivity index (χ0n) is 18.3. The van der Waals surface area contributed by atoms with Gasteiger partial charge in [-0.2, -0.15) is 0 Å². The molecule has 3 aromatic carbocycles. The van der Waals surface area contributed by atoms with E-state index in [1.165, 1.54) is 58.7 Å². The molecule has 0 radical (unpaired) electrons. The van der Waals surface area contributed by atoms with Gasteiger partial charge in [-0.25, -0.2) is 0 Å². The molecule has 0 atom stereocenters. The monoisotopic (exact) mass is 404 g/mol. The molecule has 1 aliphatic rings. The van der Waals surface area contributed by atoms with E-state index >= 15 is 0 Å². The number of hydrogen-bond acceptors (Lipinski definition) is 3. The van der Waals surface area contributed by atoms with Crippen molar-refractivity contribution in [2.24, 2.45) is 0 Å². The zero-order valence-corrected chi connectivity index (χ0v) is 18.3. The molecule has 158 valence electrons. The smallest absolute Gasteiger partial charge is 0.293 e. The molecule has 30 heavy (non-hydrogen) atoms. The topological polar surface area (TPSA) is 43.4 Å². The van der Waals surface area contributed by atoms with Crippen molar-refractivity contribution in [3.8, 4) is 0 Å². The fourth-order valence-corrected chi connectivity index (χ4v) is 3.64. The first kappa shape index (κ1) is 23.3. The highest BCUT2D eigenvalue weighted by molar-refractivity contribution is 5.85. The average molecular weight is 405 g/mol. The van der Waals surface area contributed by atoms with Crippen molar-refractivity contribution in [3.05, 3.63) is 82.9 Å². The van der Waals surface area contributed by atoms with Gasteiger partial charge in [-0.1, -0.05) is 60.7 Å². The summed E-state index contributed by atoms with van der Waals surface area (Å²) in [5.41, 5.74) is 5.49. The summed E-state index contributed by atoms with van der Waals surface area (Å²) in [4.78, 5) is 20.2. The average Bonchev–Trinajstić information content (AvgIpc) is 2.75. The number of hydrogen-bond donors (Lipinski definition) is 0. The van der Waals surface area contributed by atoms with E-state index in [1.54, 1.807) is 13.8 Å². The van der Waals surface area contributed by atoms with Crippen LogP contribution in [0.1, 0.15) is 48.9 Å². The minimum absolute atomic E-state index is 0.251. The number of ketones is 1. The van der Waals surface area contributed by atoms with Crippen LogP contribution in [-0.2, 0) is 33.6 Å². The first-order valence-corrected chi connectivity index (χ1v) is 10.6. The second-order valence-corrected chi connectivity index (χ2v) is 7.54. The van der Waals surface area contributed by atoms with Gasteiger partial charge >= 0.3 is 0 Å². The second-order valence-electron chi connectivity index (χ2n) is 7.54. The van der Waals surface area contributed by atoms with Gasteiger partial charge in [-0.15, -0.1) is 0 Å². The van der Waals surface area contributed by atoms with Gasteiger partial charge in [0.05, 0.1) is 6.61 Å². The molecule has 4 rings (SSSR count). The van der Waals surface area contributed by atoms with Crippen LogP contribution in [-0.4, -0.2) is 18.9 Å². The van der Waals surface area contributed by atoms with Crippen molar-refractivity contribution in [3.63, 3.8) is 0 Å². The molecule has 3 aromatic rings. The number of Topliss-reactive ketones (excluding diaryl/α,β-unsaturated/α-hetero) is 1. The molecule has 1 aliphatic carbocycles. The minimum Gasteiger partial charge on any atom is -0.468 e. The lowest BCUT2D eigenvalue weighted by Crippen LogP contribution is -2.04. The highest BCUT2D eigenvalue weighted by atomic mass is 16.5. The Labute approximate surface area is 180 Å². The van der Waals surface area contributed by atoms with Crippen molar-refractivity contribution in [2.75, 3.05) is 6.61 Å². The molecule has 0 spiro atoms. The van der Waals surface area contributed by atoms with Gasteiger partial charge in [0, 0.05) is 6.42 Å². The number of benzene rings is 3. The first-order valence-electron chi connectivity index (χ1n) is 10.6. The summed E-state index contributed by atoms with van der Waals surface area (Å²) in [5, 5.41) is 2.68. The van der Waals surface area contributed by atoms with Crippen LogP contribution in [0.15, 0.2) is 60.7 Å². The Morgan fingerprint density at radius 2 is 1.67 bits per heavy atom. The molecule has 3 nitrogen and oxygen atoms in total. The molecule has 0 saturated heterocycles. The maximum absolute atomic E-state index is 11.0. The van der Waals surface area contributed by atoms with Crippen molar-refractivity contribution < 1.29 is 14.3 Å². The quantitative estimate of drug-likeness (QED) is 0.499. The van der Waals surface area contributed by atoms with Gasteiger partial charge < -0.3 is 4.74 Å². The van der Waals surface area contributed by atoms with E-state index in [-0.39, 0.29) is 5.78 Å². The number of aryl methyl sites for hydroxylation is 3. The molecule has 0 heterocycles. The van der Waals surface area contributed by atoms with Crippen molar-refractivity contribution in [2.45, 2.75) is 52.9 Å². The summed E-state index contributed by atoms with van der Waals surface area (Å²) in [6.45, 7) is 6.46.